The van der Waals surface area contributed by atoms with Crippen molar-refractivity contribution in [3.8, 4) is 5.75 Å². The number of ether oxygens (including phenoxy) is 1. The lowest BCUT2D eigenvalue weighted by molar-refractivity contribution is 0.102. The van der Waals surface area contributed by atoms with E-state index in [1.54, 1.807) is 7.11 Å². The molecule has 4 aromatic rings. The van der Waals surface area contributed by atoms with Crippen molar-refractivity contribution in [3.63, 3.8) is 0 Å². The van der Waals surface area contributed by atoms with E-state index in [4.69, 9.17) is 4.74 Å². The topological polar surface area (TPSA) is 50.4 Å². The number of rotatable bonds is 4. The highest BCUT2D eigenvalue weighted by atomic mass is 16.5. The van der Waals surface area contributed by atoms with Gasteiger partial charge in [0.25, 0.3) is 5.91 Å². The summed E-state index contributed by atoms with van der Waals surface area (Å²) in [6.07, 6.45) is 5.61. The van der Waals surface area contributed by atoms with Gasteiger partial charge in [0.2, 0.25) is 0 Å². The van der Waals surface area contributed by atoms with Gasteiger partial charge in [0.15, 0.2) is 0 Å². The highest BCUT2D eigenvalue weighted by Gasteiger charge is 2.39. The van der Waals surface area contributed by atoms with Gasteiger partial charge in [-0.2, -0.15) is 0 Å². The van der Waals surface area contributed by atoms with E-state index < -0.39 is 0 Å². The van der Waals surface area contributed by atoms with Crippen molar-refractivity contribution < 1.29 is 9.53 Å². The van der Waals surface area contributed by atoms with Crippen LogP contribution in [0.15, 0.2) is 91.0 Å². The average molecular weight is 503 g/mol. The molecule has 0 saturated carbocycles. The van der Waals surface area contributed by atoms with Crippen LogP contribution in [0.1, 0.15) is 66.2 Å². The van der Waals surface area contributed by atoms with Gasteiger partial charge in [0, 0.05) is 28.4 Å². The van der Waals surface area contributed by atoms with E-state index in [1.807, 2.05) is 30.3 Å². The molecule has 1 amide bonds. The summed E-state index contributed by atoms with van der Waals surface area (Å²) in [6, 6.07) is 27.0. The summed E-state index contributed by atoms with van der Waals surface area (Å²) in [6.45, 7) is 6.53. The second-order valence-corrected chi connectivity index (χ2v) is 11.5. The summed E-state index contributed by atoms with van der Waals surface area (Å²) in [5.74, 6) is 1.45. The molecule has 0 bridgehead atoms. The fourth-order valence-corrected chi connectivity index (χ4v) is 6.06. The van der Waals surface area contributed by atoms with Gasteiger partial charge in [-0.15, -0.1) is 0 Å². The minimum Gasteiger partial charge on any atom is -0.496 e. The normalized spacial score (nSPS) is 19.9. The number of hydrogen-bond acceptors (Lipinski definition) is 3. The molecule has 0 radical (unpaired) electrons. The number of nitrogens with one attached hydrogen (secondary N) is 2. The van der Waals surface area contributed by atoms with Crippen molar-refractivity contribution >= 4 is 28.1 Å². The number of methoxy groups -OCH3 is 1. The quantitative estimate of drug-likeness (QED) is 0.276. The Morgan fingerprint density at radius 2 is 1.76 bits per heavy atom. The van der Waals surface area contributed by atoms with Crippen LogP contribution in [0.2, 0.25) is 0 Å². The van der Waals surface area contributed by atoms with Crippen molar-refractivity contribution in [2.24, 2.45) is 5.92 Å². The number of hydrogen-bond donors (Lipinski definition) is 2. The average Bonchev–Trinajstić information content (AvgIpc) is 3.42. The first kappa shape index (κ1) is 24.3. The monoisotopic (exact) mass is 502 g/mol. The minimum atomic E-state index is -0.0916. The summed E-state index contributed by atoms with van der Waals surface area (Å²) in [5, 5.41) is 9.41. The van der Waals surface area contributed by atoms with E-state index >= 15 is 0 Å². The first-order valence-corrected chi connectivity index (χ1v) is 13.4. The fourth-order valence-electron chi connectivity index (χ4n) is 6.06. The highest BCUT2D eigenvalue weighted by Crippen LogP contribution is 2.52. The zero-order chi connectivity index (χ0) is 26.4. The van der Waals surface area contributed by atoms with Crippen LogP contribution in [0.4, 0.5) is 11.4 Å². The van der Waals surface area contributed by atoms with Gasteiger partial charge >= 0.3 is 0 Å². The van der Waals surface area contributed by atoms with Crippen LogP contribution >= 0.6 is 0 Å². The van der Waals surface area contributed by atoms with E-state index in [-0.39, 0.29) is 23.3 Å². The van der Waals surface area contributed by atoms with E-state index in [2.05, 4.69) is 92.1 Å². The molecule has 2 aliphatic rings. The molecule has 38 heavy (non-hydrogen) atoms. The number of anilines is 2. The van der Waals surface area contributed by atoms with Crippen molar-refractivity contribution in [1.29, 1.82) is 0 Å². The molecule has 2 N–H and O–H groups in total. The van der Waals surface area contributed by atoms with E-state index in [9.17, 15) is 4.79 Å². The Balaban J connectivity index is 1.31. The van der Waals surface area contributed by atoms with E-state index in [0.29, 0.717) is 11.5 Å². The Hall–Kier alpha value is -4.05. The summed E-state index contributed by atoms with van der Waals surface area (Å²) in [5.41, 5.74) is 6.29. The number of carbonyl (C=O) groups excluding carboxylic acids is 1. The Bertz CT molecular complexity index is 1550. The molecule has 0 fully saturated rings. The van der Waals surface area contributed by atoms with Gasteiger partial charge in [0.05, 0.1) is 13.2 Å². The maximum Gasteiger partial charge on any atom is 0.255 e. The predicted molar refractivity (Wildman–Crippen MR) is 156 cm³/mol. The van der Waals surface area contributed by atoms with Gasteiger partial charge in [0.1, 0.15) is 5.75 Å². The van der Waals surface area contributed by atoms with Gasteiger partial charge in [-0.3, -0.25) is 4.79 Å². The van der Waals surface area contributed by atoms with E-state index in [1.165, 1.54) is 27.5 Å². The first-order chi connectivity index (χ1) is 18.3. The number of carbonyl (C=O) groups is 1. The molecule has 6 rings (SSSR count). The summed E-state index contributed by atoms with van der Waals surface area (Å²) in [7, 11) is 1.75. The largest absolute Gasteiger partial charge is 0.496 e. The molecule has 0 spiro atoms. The third-order valence-corrected chi connectivity index (χ3v) is 8.10. The molecule has 0 saturated heterocycles. The molecule has 4 nitrogen and oxygen atoms in total. The smallest absolute Gasteiger partial charge is 0.255 e. The Morgan fingerprint density at radius 1 is 0.974 bits per heavy atom. The Labute approximate surface area is 224 Å². The van der Waals surface area contributed by atoms with Crippen molar-refractivity contribution in [2.75, 3.05) is 17.7 Å². The number of benzene rings is 4. The van der Waals surface area contributed by atoms with Crippen molar-refractivity contribution in [2.45, 2.75) is 44.6 Å². The van der Waals surface area contributed by atoms with E-state index in [0.717, 1.165) is 23.5 Å². The van der Waals surface area contributed by atoms with Crippen LogP contribution in [0.3, 0.4) is 0 Å². The molecule has 192 valence electrons. The third kappa shape index (κ3) is 4.24. The molecule has 1 aliphatic carbocycles. The molecule has 4 heteroatoms. The second-order valence-electron chi connectivity index (χ2n) is 11.5. The lowest BCUT2D eigenvalue weighted by atomic mass is 9.76. The highest BCUT2D eigenvalue weighted by molar-refractivity contribution is 6.04. The summed E-state index contributed by atoms with van der Waals surface area (Å²) >= 11 is 0. The van der Waals surface area contributed by atoms with Gasteiger partial charge in [-0.05, 0) is 76.1 Å². The van der Waals surface area contributed by atoms with Crippen LogP contribution < -0.4 is 15.4 Å². The molecule has 3 unspecified atom stereocenters. The lowest BCUT2D eigenvalue weighted by Crippen LogP contribution is -2.29. The summed E-state index contributed by atoms with van der Waals surface area (Å²) < 4.78 is 5.87. The van der Waals surface area contributed by atoms with Gasteiger partial charge in [-0.25, -0.2) is 0 Å². The first-order valence-electron chi connectivity index (χ1n) is 13.4. The molecule has 4 aromatic carbocycles. The molecular weight excluding hydrogens is 468 g/mol. The lowest BCUT2D eigenvalue weighted by Gasteiger charge is -2.38. The molecule has 3 atom stereocenters. The SMILES string of the molecule is COc1ccc2ccccc2c1C1Nc2ccc(NC(=O)c3ccc(C(C)(C)C)cc3)cc2C2C=CCC21. The van der Waals surface area contributed by atoms with Crippen molar-refractivity contribution in [1.82, 2.24) is 0 Å². The Kier molecular flexibility index (Phi) is 5.98. The maximum absolute atomic E-state index is 13.0. The van der Waals surface area contributed by atoms with Crippen LogP contribution in [0.5, 0.6) is 5.75 Å². The molecule has 0 aromatic heterocycles. The minimum absolute atomic E-state index is 0.0553. The zero-order valence-corrected chi connectivity index (χ0v) is 22.4. The van der Waals surface area contributed by atoms with Gasteiger partial charge in [-0.1, -0.05) is 75.4 Å². The second kappa shape index (κ2) is 9.36. The van der Waals surface area contributed by atoms with Crippen LogP contribution in [-0.4, -0.2) is 13.0 Å². The number of amides is 1. The molecule has 1 heterocycles. The summed E-state index contributed by atoms with van der Waals surface area (Å²) in [4.78, 5) is 13.0. The standard InChI is InChI=1S/C34H34N2O2/c1-34(2,3)23-15-12-22(13-16-23)33(37)35-24-17-18-29-28(20-24)26-10-7-11-27(26)32(36-29)31-25-9-6-5-8-21(25)14-19-30(31)38-4/h5-10,12-20,26-27,32,36H,11H2,1-4H3,(H,35,37). The number of allylic oxidation sites excluding steroid dienone is 2. The van der Waals surface area contributed by atoms with Crippen LogP contribution in [0.25, 0.3) is 10.8 Å². The van der Waals surface area contributed by atoms with Crippen LogP contribution in [0, 0.1) is 5.92 Å². The Morgan fingerprint density at radius 3 is 2.53 bits per heavy atom. The molecule has 1 aliphatic heterocycles. The van der Waals surface area contributed by atoms with Crippen molar-refractivity contribution in [3.05, 3.63) is 113 Å². The maximum atomic E-state index is 13.0. The zero-order valence-electron chi connectivity index (χ0n) is 22.4. The third-order valence-electron chi connectivity index (χ3n) is 8.10. The predicted octanol–water partition coefficient (Wildman–Crippen LogP) is 8.22. The fraction of sp³-hybridized carbons (Fsp3) is 0.265. The number of fused-ring (bicyclic) bond motifs is 4. The molecular formula is C34H34N2O2. The van der Waals surface area contributed by atoms with Crippen LogP contribution in [-0.2, 0) is 5.41 Å². The van der Waals surface area contributed by atoms with Gasteiger partial charge < -0.3 is 15.4 Å².